The number of aryl methyl sites for hydroxylation is 1. The molecule has 128 valence electrons. The Morgan fingerprint density at radius 3 is 2.58 bits per heavy atom. The molecule has 2 aromatic rings. The molecule has 1 unspecified atom stereocenters. The molecule has 0 saturated carbocycles. The highest BCUT2D eigenvalue weighted by Gasteiger charge is 2.21. The number of methoxy groups -OCH3 is 1. The molecule has 1 aromatic carbocycles. The fourth-order valence-electron chi connectivity index (χ4n) is 2.29. The van der Waals surface area contributed by atoms with Gasteiger partial charge in [0, 0.05) is 12.5 Å². The molecule has 24 heavy (non-hydrogen) atoms. The molecule has 1 aromatic heterocycles. The minimum Gasteiger partial charge on any atom is -0.494 e. The number of hydrogen-bond acceptors (Lipinski definition) is 4. The molecular formula is C17H18FNO5. The zero-order valence-corrected chi connectivity index (χ0v) is 13.6. The summed E-state index contributed by atoms with van der Waals surface area (Å²) in [5, 5.41) is 11.7. The van der Waals surface area contributed by atoms with Crippen molar-refractivity contribution in [2.75, 3.05) is 7.11 Å². The predicted octanol–water partition coefficient (Wildman–Crippen LogP) is 3.18. The van der Waals surface area contributed by atoms with Crippen LogP contribution in [0, 0.1) is 5.82 Å². The van der Waals surface area contributed by atoms with Gasteiger partial charge in [0.1, 0.15) is 11.3 Å². The van der Waals surface area contributed by atoms with Crippen LogP contribution in [0.15, 0.2) is 28.7 Å². The lowest BCUT2D eigenvalue weighted by atomic mass is 10.1. The van der Waals surface area contributed by atoms with E-state index in [1.54, 1.807) is 19.9 Å². The molecule has 0 radical (unpaired) electrons. The van der Waals surface area contributed by atoms with Gasteiger partial charge in [0.25, 0.3) is 5.91 Å². The largest absolute Gasteiger partial charge is 0.494 e. The van der Waals surface area contributed by atoms with Crippen LogP contribution in [-0.2, 0) is 6.42 Å². The molecular weight excluding hydrogens is 317 g/mol. The first-order valence-electron chi connectivity index (χ1n) is 7.37. The van der Waals surface area contributed by atoms with Crippen LogP contribution in [0.4, 0.5) is 4.39 Å². The predicted molar refractivity (Wildman–Crippen MR) is 83.9 cm³/mol. The van der Waals surface area contributed by atoms with Gasteiger partial charge in [-0.15, -0.1) is 0 Å². The quantitative estimate of drug-likeness (QED) is 0.846. The number of aromatic carboxylic acids is 1. The molecule has 0 aliphatic heterocycles. The van der Waals surface area contributed by atoms with Gasteiger partial charge in [-0.3, -0.25) is 4.79 Å². The van der Waals surface area contributed by atoms with Crippen molar-refractivity contribution >= 4 is 11.9 Å². The SMILES string of the molecule is CCc1oc(C(=O)NC(C)c2ccc(OC)c(F)c2)cc1C(=O)O. The average molecular weight is 335 g/mol. The van der Waals surface area contributed by atoms with Crippen LogP contribution in [0.3, 0.4) is 0 Å². The minimum absolute atomic E-state index is 0.0363. The number of hydrogen-bond donors (Lipinski definition) is 2. The number of carboxylic acid groups (broad SMARTS) is 1. The average Bonchev–Trinajstić information content (AvgIpc) is 2.99. The Bertz CT molecular complexity index is 768. The van der Waals surface area contributed by atoms with E-state index in [1.807, 2.05) is 0 Å². The normalized spacial score (nSPS) is 11.8. The van der Waals surface area contributed by atoms with Crippen LogP contribution < -0.4 is 10.1 Å². The molecule has 1 atom stereocenters. The van der Waals surface area contributed by atoms with Crippen LogP contribution in [0.1, 0.15) is 52.1 Å². The summed E-state index contributed by atoms with van der Waals surface area (Å²) in [6.07, 6.45) is 0.355. The van der Waals surface area contributed by atoms with E-state index in [-0.39, 0.29) is 22.8 Å². The van der Waals surface area contributed by atoms with Crippen LogP contribution in [-0.4, -0.2) is 24.1 Å². The minimum atomic E-state index is -1.15. The standard InChI is InChI=1S/C17H18FNO5/c1-4-13-11(17(21)22)8-15(24-13)16(20)19-9(2)10-5-6-14(23-3)12(18)7-10/h5-9H,4H2,1-3H3,(H,19,20)(H,21,22). The van der Waals surface area contributed by atoms with Crippen molar-refractivity contribution < 1.29 is 28.2 Å². The van der Waals surface area contributed by atoms with E-state index in [9.17, 15) is 14.0 Å². The second-order valence-corrected chi connectivity index (χ2v) is 5.20. The molecule has 0 aliphatic rings. The van der Waals surface area contributed by atoms with Gasteiger partial charge >= 0.3 is 5.97 Å². The highest BCUT2D eigenvalue weighted by atomic mass is 19.1. The molecule has 2 rings (SSSR count). The zero-order chi connectivity index (χ0) is 17.9. The number of carbonyl (C=O) groups is 2. The third-order valence-electron chi connectivity index (χ3n) is 3.61. The Labute approximate surface area is 138 Å². The molecule has 7 heteroatoms. The van der Waals surface area contributed by atoms with Gasteiger partial charge in [-0.25, -0.2) is 9.18 Å². The van der Waals surface area contributed by atoms with E-state index in [2.05, 4.69) is 5.32 Å². The van der Waals surface area contributed by atoms with Crippen molar-refractivity contribution in [3.63, 3.8) is 0 Å². The zero-order valence-electron chi connectivity index (χ0n) is 13.6. The van der Waals surface area contributed by atoms with Gasteiger partial charge in [0.2, 0.25) is 0 Å². The fraction of sp³-hybridized carbons (Fsp3) is 0.294. The highest BCUT2D eigenvalue weighted by molar-refractivity contribution is 5.96. The first-order valence-corrected chi connectivity index (χ1v) is 7.37. The van der Waals surface area contributed by atoms with E-state index < -0.39 is 23.7 Å². The number of furan rings is 1. The van der Waals surface area contributed by atoms with E-state index in [4.69, 9.17) is 14.3 Å². The Kier molecular flexibility index (Phi) is 5.23. The molecule has 0 saturated heterocycles. The van der Waals surface area contributed by atoms with Crippen LogP contribution in [0.2, 0.25) is 0 Å². The molecule has 1 amide bonds. The summed E-state index contributed by atoms with van der Waals surface area (Å²) < 4.78 is 23.9. The van der Waals surface area contributed by atoms with Gasteiger partial charge in [-0.2, -0.15) is 0 Å². The van der Waals surface area contributed by atoms with E-state index in [0.29, 0.717) is 12.0 Å². The van der Waals surface area contributed by atoms with Crippen molar-refractivity contribution in [1.82, 2.24) is 5.32 Å². The van der Waals surface area contributed by atoms with Crippen molar-refractivity contribution in [1.29, 1.82) is 0 Å². The number of halogens is 1. The molecule has 0 bridgehead atoms. The number of rotatable bonds is 6. The third-order valence-corrected chi connectivity index (χ3v) is 3.61. The fourth-order valence-corrected chi connectivity index (χ4v) is 2.29. The number of carboxylic acids is 1. The Balaban J connectivity index is 2.17. The molecule has 6 nitrogen and oxygen atoms in total. The summed E-state index contributed by atoms with van der Waals surface area (Å²) in [4.78, 5) is 23.3. The van der Waals surface area contributed by atoms with Crippen molar-refractivity contribution in [2.24, 2.45) is 0 Å². The van der Waals surface area contributed by atoms with Crippen molar-refractivity contribution in [3.8, 4) is 5.75 Å². The van der Waals surface area contributed by atoms with Crippen LogP contribution in [0.5, 0.6) is 5.75 Å². The van der Waals surface area contributed by atoms with Gasteiger partial charge in [-0.1, -0.05) is 13.0 Å². The number of ether oxygens (including phenoxy) is 1. The molecule has 1 heterocycles. The number of nitrogens with one attached hydrogen (secondary N) is 1. The summed E-state index contributed by atoms with van der Waals surface area (Å²) in [6.45, 7) is 3.41. The smallest absolute Gasteiger partial charge is 0.339 e. The second kappa shape index (κ2) is 7.16. The first kappa shape index (κ1) is 17.5. The van der Waals surface area contributed by atoms with Crippen LogP contribution in [0.25, 0.3) is 0 Å². The van der Waals surface area contributed by atoms with Gasteiger partial charge < -0.3 is 19.6 Å². The van der Waals surface area contributed by atoms with E-state index >= 15 is 0 Å². The number of carbonyl (C=O) groups excluding carboxylic acids is 1. The first-order chi connectivity index (χ1) is 11.4. The molecule has 0 spiro atoms. The van der Waals surface area contributed by atoms with E-state index in [0.717, 1.165) is 0 Å². The molecule has 0 aliphatic carbocycles. The molecule has 0 fully saturated rings. The summed E-state index contributed by atoms with van der Waals surface area (Å²) in [5.74, 6) is -2.00. The lowest BCUT2D eigenvalue weighted by molar-refractivity contribution is 0.0694. The van der Waals surface area contributed by atoms with Gasteiger partial charge in [-0.05, 0) is 24.6 Å². The maximum absolute atomic E-state index is 13.7. The maximum atomic E-state index is 13.7. The summed E-state index contributed by atoms with van der Waals surface area (Å²) in [7, 11) is 1.37. The Morgan fingerprint density at radius 2 is 2.08 bits per heavy atom. The highest BCUT2D eigenvalue weighted by Crippen LogP contribution is 2.22. The summed E-state index contributed by atoms with van der Waals surface area (Å²) in [5.41, 5.74) is 0.508. The Hall–Kier alpha value is -2.83. The maximum Gasteiger partial charge on any atom is 0.339 e. The monoisotopic (exact) mass is 335 g/mol. The van der Waals surface area contributed by atoms with Gasteiger partial charge in [0.15, 0.2) is 17.3 Å². The van der Waals surface area contributed by atoms with Crippen LogP contribution >= 0.6 is 0 Å². The number of amides is 1. The second-order valence-electron chi connectivity index (χ2n) is 5.20. The summed E-state index contributed by atoms with van der Waals surface area (Å²) in [6, 6.07) is 5.07. The molecule has 2 N–H and O–H groups in total. The lowest BCUT2D eigenvalue weighted by Crippen LogP contribution is -2.26. The summed E-state index contributed by atoms with van der Waals surface area (Å²) >= 11 is 0. The topological polar surface area (TPSA) is 88.8 Å². The third kappa shape index (κ3) is 3.56. The van der Waals surface area contributed by atoms with Gasteiger partial charge in [0.05, 0.1) is 13.2 Å². The van der Waals surface area contributed by atoms with Crippen molar-refractivity contribution in [2.45, 2.75) is 26.3 Å². The lowest BCUT2D eigenvalue weighted by Gasteiger charge is -2.14. The van der Waals surface area contributed by atoms with Crippen molar-refractivity contribution in [3.05, 3.63) is 52.7 Å². The van der Waals surface area contributed by atoms with E-state index in [1.165, 1.54) is 25.3 Å². The Morgan fingerprint density at radius 1 is 1.38 bits per heavy atom. The number of benzene rings is 1.